The van der Waals surface area contributed by atoms with Gasteiger partial charge in [-0.3, -0.25) is 0 Å². The molecule has 1 saturated carbocycles. The third-order valence-corrected chi connectivity index (χ3v) is 2.78. The molecule has 0 aromatic rings. The van der Waals surface area contributed by atoms with Crippen LogP contribution in [0, 0.1) is 0 Å². The molecule has 51 valence electrons. The van der Waals surface area contributed by atoms with Gasteiger partial charge in [-0.05, 0) is 25.7 Å². The first kappa shape index (κ1) is 5.72. The van der Waals surface area contributed by atoms with E-state index in [1.165, 1.54) is 38.5 Å². The molecule has 0 unspecified atom stereocenters. The zero-order chi connectivity index (χ0) is 6.16. The smallest absolute Gasteiger partial charge is 0.0357 e. The van der Waals surface area contributed by atoms with E-state index in [9.17, 15) is 0 Å². The minimum absolute atomic E-state index is 0.514. The molecule has 2 fully saturated rings. The maximum absolute atomic E-state index is 4.67. The summed E-state index contributed by atoms with van der Waals surface area (Å²) in [4.78, 5) is 0. The predicted molar refractivity (Wildman–Crippen MR) is 37.4 cm³/mol. The third kappa shape index (κ3) is 0.877. The summed E-state index contributed by atoms with van der Waals surface area (Å²) in [5.74, 6) is 0. The first-order chi connectivity index (χ1) is 4.41. The summed E-state index contributed by atoms with van der Waals surface area (Å²) in [6.07, 6.45) is 8.42. The Morgan fingerprint density at radius 3 is 2.11 bits per heavy atom. The standard InChI is InChI=1S/C8H14N/c1-2-5-8(4-1)6-3-7-9-8/h1-7H2. The summed E-state index contributed by atoms with van der Waals surface area (Å²) in [6, 6.07) is 0. The number of hydrogen-bond acceptors (Lipinski definition) is 0. The minimum atomic E-state index is 0.514. The van der Waals surface area contributed by atoms with Crippen LogP contribution in [0.3, 0.4) is 0 Å². The highest BCUT2D eigenvalue weighted by Gasteiger charge is 2.36. The Morgan fingerprint density at radius 2 is 1.56 bits per heavy atom. The summed E-state index contributed by atoms with van der Waals surface area (Å²) in [5, 5.41) is 4.67. The highest BCUT2D eigenvalue weighted by atomic mass is 15.0. The van der Waals surface area contributed by atoms with Gasteiger partial charge in [-0.15, -0.1) is 0 Å². The van der Waals surface area contributed by atoms with Crippen molar-refractivity contribution in [2.24, 2.45) is 0 Å². The van der Waals surface area contributed by atoms with Gasteiger partial charge < -0.3 is 0 Å². The van der Waals surface area contributed by atoms with Crippen LogP contribution in [-0.4, -0.2) is 12.1 Å². The van der Waals surface area contributed by atoms with Crippen LogP contribution in [0.2, 0.25) is 0 Å². The predicted octanol–water partition coefficient (Wildman–Crippen LogP) is 1.70. The fraction of sp³-hybridized carbons (Fsp3) is 1.00. The maximum Gasteiger partial charge on any atom is 0.0357 e. The van der Waals surface area contributed by atoms with E-state index in [1.54, 1.807) is 0 Å². The molecule has 1 radical (unpaired) electrons. The zero-order valence-electron chi connectivity index (χ0n) is 5.90. The van der Waals surface area contributed by atoms with Gasteiger partial charge in [0.25, 0.3) is 0 Å². The highest BCUT2D eigenvalue weighted by Crippen LogP contribution is 2.37. The number of hydrogen-bond donors (Lipinski definition) is 0. The summed E-state index contributed by atoms with van der Waals surface area (Å²) < 4.78 is 0. The van der Waals surface area contributed by atoms with E-state index in [1.807, 2.05) is 0 Å². The summed E-state index contributed by atoms with van der Waals surface area (Å²) >= 11 is 0. The molecule has 0 N–H and O–H groups in total. The molecule has 0 aromatic carbocycles. The quantitative estimate of drug-likeness (QED) is 0.466. The molecule has 9 heavy (non-hydrogen) atoms. The van der Waals surface area contributed by atoms with E-state index in [2.05, 4.69) is 5.32 Å². The van der Waals surface area contributed by atoms with Crippen molar-refractivity contribution in [1.82, 2.24) is 5.32 Å². The molecule has 1 heterocycles. The van der Waals surface area contributed by atoms with Crippen LogP contribution >= 0.6 is 0 Å². The Morgan fingerprint density at radius 1 is 0.889 bits per heavy atom. The fourth-order valence-electron chi connectivity index (χ4n) is 2.24. The SMILES string of the molecule is C1CCC2(C1)CCC[N]2. The van der Waals surface area contributed by atoms with Crippen LogP contribution in [0.25, 0.3) is 0 Å². The van der Waals surface area contributed by atoms with Crippen molar-refractivity contribution < 1.29 is 0 Å². The lowest BCUT2D eigenvalue weighted by atomic mass is 9.96. The topological polar surface area (TPSA) is 14.1 Å². The Bertz CT molecular complexity index is 79.6. The molecular formula is C8H14N. The van der Waals surface area contributed by atoms with Gasteiger partial charge in [0.05, 0.1) is 0 Å². The molecule has 0 atom stereocenters. The van der Waals surface area contributed by atoms with Crippen LogP contribution in [-0.2, 0) is 0 Å². The van der Waals surface area contributed by atoms with Gasteiger partial charge in [0.2, 0.25) is 0 Å². The lowest BCUT2D eigenvalue weighted by molar-refractivity contribution is 0.381. The number of rotatable bonds is 0. The van der Waals surface area contributed by atoms with E-state index in [0.29, 0.717) is 5.54 Å². The molecular weight excluding hydrogens is 110 g/mol. The van der Waals surface area contributed by atoms with Crippen molar-refractivity contribution in [3.63, 3.8) is 0 Å². The van der Waals surface area contributed by atoms with E-state index in [4.69, 9.17) is 0 Å². The second kappa shape index (κ2) is 1.98. The van der Waals surface area contributed by atoms with Gasteiger partial charge >= 0.3 is 0 Å². The van der Waals surface area contributed by atoms with Crippen LogP contribution in [0.5, 0.6) is 0 Å². The van der Waals surface area contributed by atoms with Gasteiger partial charge in [-0.2, -0.15) is 0 Å². The van der Waals surface area contributed by atoms with Gasteiger partial charge in [-0.1, -0.05) is 12.8 Å². The number of nitrogens with zero attached hydrogens (tertiary/aromatic N) is 1. The normalized spacial score (nSPS) is 32.0. The van der Waals surface area contributed by atoms with Crippen LogP contribution in [0.4, 0.5) is 0 Å². The van der Waals surface area contributed by atoms with Gasteiger partial charge in [0.15, 0.2) is 0 Å². The van der Waals surface area contributed by atoms with Gasteiger partial charge in [-0.25, -0.2) is 5.32 Å². The summed E-state index contributed by atoms with van der Waals surface area (Å²) in [6.45, 7) is 1.15. The monoisotopic (exact) mass is 124 g/mol. The van der Waals surface area contributed by atoms with E-state index in [-0.39, 0.29) is 0 Å². The highest BCUT2D eigenvalue weighted by molar-refractivity contribution is 4.95. The molecule has 1 nitrogen and oxygen atoms in total. The van der Waals surface area contributed by atoms with Crippen molar-refractivity contribution in [2.45, 2.75) is 44.1 Å². The molecule has 1 spiro atoms. The van der Waals surface area contributed by atoms with Crippen molar-refractivity contribution in [2.75, 3.05) is 6.54 Å². The van der Waals surface area contributed by atoms with E-state index in [0.717, 1.165) is 6.54 Å². The molecule has 1 heteroatoms. The van der Waals surface area contributed by atoms with Crippen molar-refractivity contribution in [3.8, 4) is 0 Å². The Kier molecular flexibility index (Phi) is 1.26. The molecule has 2 aliphatic rings. The van der Waals surface area contributed by atoms with Crippen LogP contribution < -0.4 is 5.32 Å². The molecule has 0 amide bonds. The summed E-state index contributed by atoms with van der Waals surface area (Å²) in [5.41, 5.74) is 0.514. The third-order valence-electron chi connectivity index (χ3n) is 2.78. The first-order valence-electron chi connectivity index (χ1n) is 4.10. The van der Waals surface area contributed by atoms with E-state index >= 15 is 0 Å². The second-order valence-electron chi connectivity index (χ2n) is 3.42. The Labute approximate surface area is 56.8 Å². The largest absolute Gasteiger partial charge is 0.235 e. The Balaban J connectivity index is 2.04. The molecule has 1 aliphatic carbocycles. The molecule has 1 saturated heterocycles. The molecule has 1 aliphatic heterocycles. The maximum atomic E-state index is 4.67. The van der Waals surface area contributed by atoms with Crippen molar-refractivity contribution in [1.29, 1.82) is 0 Å². The second-order valence-corrected chi connectivity index (χ2v) is 3.42. The molecule has 0 aromatic heterocycles. The average Bonchev–Trinajstić information content (AvgIpc) is 2.45. The van der Waals surface area contributed by atoms with Crippen molar-refractivity contribution >= 4 is 0 Å². The molecule has 0 bridgehead atoms. The molecule has 2 rings (SSSR count). The van der Waals surface area contributed by atoms with Gasteiger partial charge in [0, 0.05) is 12.1 Å². The zero-order valence-corrected chi connectivity index (χ0v) is 5.90. The van der Waals surface area contributed by atoms with Crippen LogP contribution in [0.15, 0.2) is 0 Å². The average molecular weight is 124 g/mol. The summed E-state index contributed by atoms with van der Waals surface area (Å²) in [7, 11) is 0. The van der Waals surface area contributed by atoms with Crippen LogP contribution in [0.1, 0.15) is 38.5 Å². The lowest BCUT2D eigenvalue weighted by Crippen LogP contribution is -2.29. The van der Waals surface area contributed by atoms with Gasteiger partial charge in [0.1, 0.15) is 0 Å². The Hall–Kier alpha value is -0.0400. The first-order valence-corrected chi connectivity index (χ1v) is 4.10. The van der Waals surface area contributed by atoms with E-state index < -0.39 is 0 Å². The van der Waals surface area contributed by atoms with Crippen molar-refractivity contribution in [3.05, 3.63) is 0 Å². The fourth-order valence-corrected chi connectivity index (χ4v) is 2.24. The minimum Gasteiger partial charge on any atom is -0.235 e. The lowest BCUT2D eigenvalue weighted by Gasteiger charge is -2.20.